The van der Waals surface area contributed by atoms with Crippen LogP contribution in [0.25, 0.3) is 10.8 Å². The Morgan fingerprint density at radius 2 is 1.73 bits per heavy atom. The molecule has 0 aliphatic carbocycles. The average molecular weight is 466 g/mol. The van der Waals surface area contributed by atoms with E-state index in [1.54, 1.807) is 43.3 Å². The minimum atomic E-state index is -3.87. The van der Waals surface area contributed by atoms with Gasteiger partial charge in [-0.15, -0.1) is 0 Å². The fraction of sp³-hybridized carbons (Fsp3) is 0.269. The molecular formula is C26H27NO5S. The second-order valence-electron chi connectivity index (χ2n) is 7.89. The topological polar surface area (TPSA) is 72.9 Å². The average Bonchev–Trinajstić information content (AvgIpc) is 2.84. The lowest BCUT2D eigenvalue weighted by Gasteiger charge is -2.36. The number of hydrogen-bond donors (Lipinski definition) is 0. The molecule has 0 spiro atoms. The smallest absolute Gasteiger partial charge is 0.313 e. The van der Waals surface area contributed by atoms with Crippen LogP contribution in [0.4, 0.5) is 0 Å². The lowest BCUT2D eigenvalue weighted by atomic mass is 10.00. The van der Waals surface area contributed by atoms with Gasteiger partial charge < -0.3 is 9.47 Å². The van der Waals surface area contributed by atoms with Gasteiger partial charge in [-0.1, -0.05) is 66.7 Å². The largest absolute Gasteiger partial charge is 0.466 e. The summed E-state index contributed by atoms with van der Waals surface area (Å²) in [5.74, 6) is -0.978. The van der Waals surface area contributed by atoms with Crippen LogP contribution in [0.5, 0.6) is 0 Å². The Hall–Kier alpha value is -3.16. The molecule has 1 heterocycles. The molecule has 6 nitrogen and oxygen atoms in total. The zero-order valence-electron chi connectivity index (χ0n) is 18.6. The molecular weight excluding hydrogens is 438 g/mol. The van der Waals surface area contributed by atoms with Gasteiger partial charge >= 0.3 is 5.97 Å². The van der Waals surface area contributed by atoms with Crippen LogP contribution in [0.2, 0.25) is 0 Å². The molecule has 1 aliphatic rings. The highest BCUT2D eigenvalue weighted by molar-refractivity contribution is 7.89. The van der Waals surface area contributed by atoms with Crippen LogP contribution in [-0.4, -0.2) is 31.5 Å². The molecule has 0 amide bonds. The molecule has 4 rings (SSSR count). The van der Waals surface area contributed by atoms with Crippen molar-refractivity contribution >= 4 is 26.8 Å². The summed E-state index contributed by atoms with van der Waals surface area (Å²) in [6, 6.07) is 22.2. The van der Waals surface area contributed by atoms with Gasteiger partial charge in [-0.25, -0.2) is 12.7 Å². The first-order valence-electron chi connectivity index (χ1n) is 11.0. The summed E-state index contributed by atoms with van der Waals surface area (Å²) in [4.78, 5) is 12.6. The first-order chi connectivity index (χ1) is 15.9. The van der Waals surface area contributed by atoms with Gasteiger partial charge in [0.25, 0.3) is 10.0 Å². The lowest BCUT2D eigenvalue weighted by Crippen LogP contribution is -2.43. The van der Waals surface area contributed by atoms with Crippen molar-refractivity contribution in [3.63, 3.8) is 0 Å². The van der Waals surface area contributed by atoms with Crippen molar-refractivity contribution in [2.24, 2.45) is 5.92 Å². The van der Waals surface area contributed by atoms with Crippen molar-refractivity contribution in [2.75, 3.05) is 6.61 Å². The minimum absolute atomic E-state index is 0.163. The van der Waals surface area contributed by atoms with Crippen LogP contribution in [-0.2, 0) is 24.3 Å². The summed E-state index contributed by atoms with van der Waals surface area (Å²) in [6.45, 7) is 3.90. The van der Waals surface area contributed by atoms with Gasteiger partial charge in [0.1, 0.15) is 6.23 Å². The maximum Gasteiger partial charge on any atom is 0.313 e. The lowest BCUT2D eigenvalue weighted by molar-refractivity contribution is -0.150. The highest BCUT2D eigenvalue weighted by atomic mass is 32.2. The predicted octanol–water partition coefficient (Wildman–Crippen LogP) is 5.03. The van der Waals surface area contributed by atoms with E-state index in [-0.39, 0.29) is 17.9 Å². The molecule has 0 bridgehead atoms. The Morgan fingerprint density at radius 1 is 1.03 bits per heavy atom. The van der Waals surface area contributed by atoms with Crippen LogP contribution in [0.15, 0.2) is 90.0 Å². The Balaban J connectivity index is 1.68. The monoisotopic (exact) mass is 465 g/mol. The Bertz CT molecular complexity index is 1250. The van der Waals surface area contributed by atoms with Gasteiger partial charge in [0, 0.05) is 12.6 Å². The van der Waals surface area contributed by atoms with E-state index in [4.69, 9.17) is 9.47 Å². The molecule has 7 heteroatoms. The summed E-state index contributed by atoms with van der Waals surface area (Å²) in [5.41, 5.74) is 0.951. The number of ether oxygens (including phenoxy) is 2. The summed E-state index contributed by atoms with van der Waals surface area (Å²) < 4.78 is 39.5. The van der Waals surface area contributed by atoms with Crippen molar-refractivity contribution in [1.82, 2.24) is 4.31 Å². The number of fused-ring (bicyclic) bond motifs is 1. The molecule has 0 saturated heterocycles. The van der Waals surface area contributed by atoms with E-state index in [9.17, 15) is 13.2 Å². The highest BCUT2D eigenvalue weighted by Gasteiger charge is 2.37. The van der Waals surface area contributed by atoms with E-state index in [1.807, 2.05) is 49.4 Å². The number of rotatable bonds is 7. The number of hydrogen-bond acceptors (Lipinski definition) is 5. The first-order valence-corrected chi connectivity index (χ1v) is 12.4. The third kappa shape index (κ3) is 4.79. The van der Waals surface area contributed by atoms with Crippen molar-refractivity contribution < 1.29 is 22.7 Å². The number of benzene rings is 3. The Labute approximate surface area is 194 Å². The molecule has 0 aromatic heterocycles. The number of nitrogens with zero attached hydrogens (tertiary/aromatic N) is 1. The number of esters is 1. The molecule has 0 fully saturated rings. The molecule has 3 atom stereocenters. The number of sulfonamides is 1. The second kappa shape index (κ2) is 9.77. The molecule has 0 unspecified atom stereocenters. The minimum Gasteiger partial charge on any atom is -0.466 e. The molecule has 172 valence electrons. The summed E-state index contributed by atoms with van der Waals surface area (Å²) in [5, 5.41) is 2.12. The molecule has 0 radical (unpaired) electrons. The van der Waals surface area contributed by atoms with Gasteiger partial charge in [-0.2, -0.15) is 0 Å². The summed E-state index contributed by atoms with van der Waals surface area (Å²) in [7, 11) is -3.87. The summed E-state index contributed by atoms with van der Waals surface area (Å²) >= 11 is 0. The van der Waals surface area contributed by atoms with Gasteiger partial charge in [0.05, 0.1) is 23.5 Å². The van der Waals surface area contributed by atoms with E-state index in [2.05, 4.69) is 0 Å². The van der Waals surface area contributed by atoms with E-state index in [0.29, 0.717) is 0 Å². The molecule has 1 aliphatic heterocycles. The predicted molar refractivity (Wildman–Crippen MR) is 127 cm³/mol. The maximum atomic E-state index is 13.4. The van der Waals surface area contributed by atoms with E-state index in [1.165, 1.54) is 10.5 Å². The Kier molecular flexibility index (Phi) is 6.81. The normalized spacial score (nSPS) is 19.4. The molecule has 0 N–H and O–H groups in total. The fourth-order valence-corrected chi connectivity index (χ4v) is 5.51. The zero-order chi connectivity index (χ0) is 23.4. The number of carbonyl (C=O) groups excluding carboxylic acids is 1. The molecule has 0 saturated carbocycles. The summed E-state index contributed by atoms with van der Waals surface area (Å²) in [6.07, 6.45) is 1.87. The van der Waals surface area contributed by atoms with Gasteiger partial charge in [-0.05, 0) is 42.3 Å². The van der Waals surface area contributed by atoms with E-state index >= 15 is 0 Å². The van der Waals surface area contributed by atoms with Gasteiger partial charge in [0.2, 0.25) is 0 Å². The van der Waals surface area contributed by atoms with Crippen molar-refractivity contribution in [3.05, 3.63) is 90.6 Å². The maximum absolute atomic E-state index is 13.4. The molecule has 33 heavy (non-hydrogen) atoms. The SMILES string of the molecule is CCOC(=O)[C@@H]1C=CN(S(=O)(=O)c2ccccc2)[C@H](O[C@H](C)c2cccc3ccccc23)C1. The van der Waals surface area contributed by atoms with Crippen LogP contribution in [0.3, 0.4) is 0 Å². The highest BCUT2D eigenvalue weighted by Crippen LogP contribution is 2.34. The van der Waals surface area contributed by atoms with E-state index in [0.717, 1.165) is 16.3 Å². The van der Waals surface area contributed by atoms with E-state index < -0.39 is 34.2 Å². The van der Waals surface area contributed by atoms with Crippen molar-refractivity contribution in [3.8, 4) is 0 Å². The third-order valence-corrected chi connectivity index (χ3v) is 7.52. The third-order valence-electron chi connectivity index (χ3n) is 5.74. The fourth-order valence-electron chi connectivity index (χ4n) is 4.09. The van der Waals surface area contributed by atoms with Crippen LogP contribution in [0.1, 0.15) is 31.9 Å². The molecule has 3 aromatic rings. The van der Waals surface area contributed by atoms with Crippen molar-refractivity contribution in [1.29, 1.82) is 0 Å². The van der Waals surface area contributed by atoms with Gasteiger partial charge in [0.15, 0.2) is 0 Å². The van der Waals surface area contributed by atoms with Crippen LogP contribution in [0, 0.1) is 5.92 Å². The molecule has 3 aromatic carbocycles. The standard InChI is InChI=1S/C26H27NO5S/c1-3-31-26(28)21-16-17-27(33(29,30)22-12-5-4-6-13-22)25(18-21)32-19(2)23-15-9-11-20-10-7-8-14-24(20)23/h4-17,19,21,25H,3,18H2,1-2H3/t19-,21-,25-/m1/s1. The zero-order valence-corrected chi connectivity index (χ0v) is 19.4. The quantitative estimate of drug-likeness (QED) is 0.458. The van der Waals surface area contributed by atoms with Gasteiger partial charge in [-0.3, -0.25) is 4.79 Å². The van der Waals surface area contributed by atoms with Crippen LogP contribution >= 0.6 is 0 Å². The first kappa shape index (κ1) is 23.0. The van der Waals surface area contributed by atoms with Crippen molar-refractivity contribution in [2.45, 2.75) is 37.5 Å². The Morgan fingerprint density at radius 3 is 2.48 bits per heavy atom. The second-order valence-corrected chi connectivity index (χ2v) is 9.73. The van der Waals surface area contributed by atoms with Crippen LogP contribution < -0.4 is 0 Å². The number of carbonyl (C=O) groups is 1.